The summed E-state index contributed by atoms with van der Waals surface area (Å²) in [5, 5.41) is 2.68. The predicted molar refractivity (Wildman–Crippen MR) is 124 cm³/mol. The van der Waals surface area contributed by atoms with Crippen LogP contribution < -0.4 is 26.0 Å². The molecule has 4 aromatic rings. The van der Waals surface area contributed by atoms with Gasteiger partial charge >= 0.3 is 5.69 Å². The lowest BCUT2D eigenvalue weighted by Gasteiger charge is -2.14. The Hall–Kier alpha value is -4.41. The molecule has 1 amide bonds. The average molecular weight is 467 g/mol. The van der Waals surface area contributed by atoms with E-state index in [9.17, 15) is 18.8 Å². The number of hydrogen-bond donors (Lipinski definition) is 1. The van der Waals surface area contributed by atoms with E-state index in [-0.39, 0.29) is 28.6 Å². The fraction of sp³-hybridized carbons (Fsp3) is 0.217. The molecule has 0 aliphatic heterocycles. The number of anilines is 1. The highest BCUT2D eigenvalue weighted by atomic mass is 19.1. The summed E-state index contributed by atoms with van der Waals surface area (Å²) in [6, 6.07) is 9.14. The molecule has 4 rings (SSSR count). The Balaban J connectivity index is 2.12. The molecule has 0 aliphatic rings. The second kappa shape index (κ2) is 8.50. The first-order valence-corrected chi connectivity index (χ1v) is 10.2. The van der Waals surface area contributed by atoms with E-state index >= 15 is 0 Å². The number of rotatable bonds is 5. The van der Waals surface area contributed by atoms with Crippen molar-refractivity contribution in [3.05, 3.63) is 63.1 Å². The largest absolute Gasteiger partial charge is 0.496 e. The Kier molecular flexibility index (Phi) is 5.70. The lowest BCUT2D eigenvalue weighted by atomic mass is 10.1. The molecule has 1 N–H and O–H groups in total. The first-order chi connectivity index (χ1) is 16.2. The number of carbonyl (C=O) groups excluding carboxylic acids is 1. The molecule has 0 aliphatic carbocycles. The van der Waals surface area contributed by atoms with Crippen LogP contribution in [0.15, 0.2) is 46.0 Å². The maximum absolute atomic E-state index is 14.7. The molecule has 2 aromatic heterocycles. The molecule has 34 heavy (non-hydrogen) atoms. The Bertz CT molecular complexity index is 1570. The highest BCUT2D eigenvalue weighted by molar-refractivity contribution is 5.90. The van der Waals surface area contributed by atoms with Crippen molar-refractivity contribution >= 4 is 22.8 Å². The van der Waals surface area contributed by atoms with Crippen LogP contribution in [0.4, 0.5) is 10.1 Å². The summed E-state index contributed by atoms with van der Waals surface area (Å²) < 4.78 is 28.9. The minimum Gasteiger partial charge on any atom is -0.496 e. The molecule has 2 aromatic carbocycles. The number of aromatic nitrogens is 4. The van der Waals surface area contributed by atoms with Gasteiger partial charge in [-0.3, -0.25) is 23.3 Å². The van der Waals surface area contributed by atoms with Gasteiger partial charge in [-0.05, 0) is 24.3 Å². The van der Waals surface area contributed by atoms with Gasteiger partial charge in [0.2, 0.25) is 5.91 Å². The molecule has 0 unspecified atom stereocenters. The number of fused-ring (bicyclic) bond motifs is 1. The van der Waals surface area contributed by atoms with Crippen molar-refractivity contribution in [3.63, 3.8) is 0 Å². The summed E-state index contributed by atoms with van der Waals surface area (Å²) in [7, 11) is 5.66. The smallest absolute Gasteiger partial charge is 0.332 e. The predicted octanol–water partition coefficient (Wildman–Crippen LogP) is 2.20. The van der Waals surface area contributed by atoms with Crippen LogP contribution in [0.2, 0.25) is 0 Å². The second-order valence-electron chi connectivity index (χ2n) is 7.56. The number of halogens is 1. The van der Waals surface area contributed by atoms with Crippen molar-refractivity contribution in [1.29, 1.82) is 0 Å². The molecule has 0 saturated heterocycles. The van der Waals surface area contributed by atoms with Crippen LogP contribution in [0.1, 0.15) is 6.92 Å². The minimum atomic E-state index is -0.637. The van der Waals surface area contributed by atoms with Gasteiger partial charge in [-0.2, -0.15) is 0 Å². The van der Waals surface area contributed by atoms with Gasteiger partial charge in [0.25, 0.3) is 5.56 Å². The number of aryl methyl sites for hydroxylation is 1. The zero-order valence-corrected chi connectivity index (χ0v) is 19.2. The number of carbonyl (C=O) groups is 1. The fourth-order valence-corrected chi connectivity index (χ4v) is 3.78. The zero-order chi connectivity index (χ0) is 24.7. The summed E-state index contributed by atoms with van der Waals surface area (Å²) in [6.07, 6.45) is 0. The molecule has 0 spiro atoms. The minimum absolute atomic E-state index is 0.0345. The monoisotopic (exact) mass is 467 g/mol. The Morgan fingerprint density at radius 2 is 1.71 bits per heavy atom. The third-order valence-electron chi connectivity index (χ3n) is 5.41. The van der Waals surface area contributed by atoms with E-state index in [0.717, 1.165) is 4.57 Å². The maximum atomic E-state index is 14.7. The topological polar surface area (TPSA) is 109 Å². The Morgan fingerprint density at radius 3 is 2.32 bits per heavy atom. The Labute approximate surface area is 192 Å². The number of benzene rings is 2. The first-order valence-electron chi connectivity index (χ1n) is 10.2. The molecular formula is C23H22FN5O5. The van der Waals surface area contributed by atoms with Crippen LogP contribution in [0, 0.1) is 5.82 Å². The maximum Gasteiger partial charge on any atom is 0.332 e. The lowest BCUT2D eigenvalue weighted by molar-refractivity contribution is -0.114. The van der Waals surface area contributed by atoms with Crippen molar-refractivity contribution in [2.75, 3.05) is 19.5 Å². The van der Waals surface area contributed by atoms with E-state index in [4.69, 9.17) is 9.47 Å². The first kappa shape index (κ1) is 22.8. The third-order valence-corrected chi connectivity index (χ3v) is 5.41. The molecule has 176 valence electrons. The number of ether oxygens (including phenoxy) is 2. The quantitative estimate of drug-likeness (QED) is 0.482. The van der Waals surface area contributed by atoms with Crippen LogP contribution in [0.5, 0.6) is 11.5 Å². The number of hydrogen-bond acceptors (Lipinski definition) is 6. The normalized spacial score (nSPS) is 11.0. The number of methoxy groups -OCH3 is 2. The van der Waals surface area contributed by atoms with Gasteiger partial charge in [0.15, 0.2) is 28.6 Å². The van der Waals surface area contributed by atoms with Gasteiger partial charge in [0.05, 0.1) is 25.5 Å². The van der Waals surface area contributed by atoms with Crippen LogP contribution in [-0.2, 0) is 18.9 Å². The van der Waals surface area contributed by atoms with Crippen molar-refractivity contribution in [2.24, 2.45) is 14.1 Å². The van der Waals surface area contributed by atoms with Gasteiger partial charge in [0.1, 0.15) is 5.75 Å². The van der Waals surface area contributed by atoms with Gasteiger partial charge in [-0.1, -0.05) is 0 Å². The standard InChI is InChI=1S/C23H22FN5O5/c1-12(30)25-13-6-8-15(18(10-13)34-5)20-26-21-19(22(31)28(3)23(32)27(21)2)29(20)14-7-9-17(33-4)16(24)11-14/h6-11H,1-5H3,(H,25,30). The van der Waals surface area contributed by atoms with Gasteiger partial charge in [-0.15, -0.1) is 0 Å². The highest BCUT2D eigenvalue weighted by Crippen LogP contribution is 2.35. The van der Waals surface area contributed by atoms with E-state index < -0.39 is 17.1 Å². The van der Waals surface area contributed by atoms with E-state index in [1.54, 1.807) is 24.3 Å². The summed E-state index contributed by atoms with van der Waals surface area (Å²) in [4.78, 5) is 41.8. The number of nitrogens with one attached hydrogen (secondary N) is 1. The molecule has 11 heteroatoms. The van der Waals surface area contributed by atoms with Crippen LogP contribution in [-0.4, -0.2) is 38.8 Å². The summed E-state index contributed by atoms with van der Waals surface area (Å²) in [5.74, 6) is -0.272. The number of nitrogens with zero attached hydrogens (tertiary/aromatic N) is 4. The lowest BCUT2D eigenvalue weighted by Crippen LogP contribution is -2.37. The average Bonchev–Trinajstić information content (AvgIpc) is 3.21. The summed E-state index contributed by atoms with van der Waals surface area (Å²) in [5.41, 5.74) is 0.293. The number of imidazole rings is 1. The van der Waals surface area contributed by atoms with Crippen molar-refractivity contribution in [1.82, 2.24) is 18.7 Å². The molecule has 2 heterocycles. The van der Waals surface area contributed by atoms with Crippen LogP contribution in [0.25, 0.3) is 28.2 Å². The van der Waals surface area contributed by atoms with E-state index in [1.165, 1.54) is 56.5 Å². The third kappa shape index (κ3) is 3.60. The van der Waals surface area contributed by atoms with Gasteiger partial charge in [-0.25, -0.2) is 14.2 Å². The van der Waals surface area contributed by atoms with Crippen LogP contribution in [0.3, 0.4) is 0 Å². The zero-order valence-electron chi connectivity index (χ0n) is 19.2. The molecule has 10 nitrogen and oxygen atoms in total. The van der Waals surface area contributed by atoms with Crippen LogP contribution >= 0.6 is 0 Å². The molecular weight excluding hydrogens is 445 g/mol. The van der Waals surface area contributed by atoms with E-state index in [2.05, 4.69) is 10.3 Å². The second-order valence-corrected chi connectivity index (χ2v) is 7.56. The highest BCUT2D eigenvalue weighted by Gasteiger charge is 2.24. The van der Waals surface area contributed by atoms with Gasteiger partial charge in [0, 0.05) is 38.8 Å². The molecule has 0 saturated carbocycles. The molecule has 0 atom stereocenters. The number of amides is 1. The molecule has 0 bridgehead atoms. The van der Waals surface area contributed by atoms with Crippen molar-refractivity contribution in [3.8, 4) is 28.6 Å². The summed E-state index contributed by atoms with van der Waals surface area (Å²) >= 11 is 0. The van der Waals surface area contributed by atoms with E-state index in [1.807, 2.05) is 0 Å². The van der Waals surface area contributed by atoms with Crippen molar-refractivity contribution < 1.29 is 18.7 Å². The fourth-order valence-electron chi connectivity index (χ4n) is 3.78. The summed E-state index contributed by atoms with van der Waals surface area (Å²) in [6.45, 7) is 1.38. The molecule has 0 fully saturated rings. The van der Waals surface area contributed by atoms with Crippen molar-refractivity contribution in [2.45, 2.75) is 6.92 Å². The SMILES string of the molecule is COc1ccc(-n2c(-c3ccc(NC(C)=O)cc3OC)nc3c2c(=O)n(C)c(=O)n3C)cc1F. The van der Waals surface area contributed by atoms with Gasteiger partial charge < -0.3 is 14.8 Å². The Morgan fingerprint density at radius 1 is 1.00 bits per heavy atom. The molecule has 0 radical (unpaired) electrons. The van der Waals surface area contributed by atoms with E-state index in [0.29, 0.717) is 22.7 Å².